The van der Waals surface area contributed by atoms with E-state index in [0.29, 0.717) is 0 Å². The zero-order chi connectivity index (χ0) is 8.27. The number of rotatable bonds is 2. The van der Waals surface area contributed by atoms with Gasteiger partial charge in [0, 0.05) is 14.7 Å². The van der Waals surface area contributed by atoms with Crippen molar-refractivity contribution in [2.75, 3.05) is 5.33 Å². The Hall–Kier alpha value is 0.880. The third kappa shape index (κ3) is 3.01. The number of allylic oxidation sites excluding steroid dienone is 1. The van der Waals surface area contributed by atoms with Crippen LogP contribution in [0.3, 0.4) is 0 Å². The highest BCUT2D eigenvalue weighted by Gasteiger charge is 1.99. The van der Waals surface area contributed by atoms with Crippen LogP contribution < -0.4 is 0 Å². The molecule has 0 saturated heterocycles. The smallest absolute Gasteiger partial charge is 0.0846 e. The lowest BCUT2D eigenvalue weighted by Gasteiger charge is -1.78. The maximum Gasteiger partial charge on any atom is 0.0846 e. The molecule has 1 aromatic heterocycles. The molecule has 0 atom stereocenters. The van der Waals surface area contributed by atoms with E-state index < -0.39 is 0 Å². The molecule has 0 aromatic carbocycles. The van der Waals surface area contributed by atoms with Crippen molar-refractivity contribution < 1.29 is 0 Å². The highest BCUT2D eigenvalue weighted by atomic mass is 79.9. The van der Waals surface area contributed by atoms with Crippen LogP contribution in [0, 0.1) is 0 Å². The van der Waals surface area contributed by atoms with Crippen LogP contribution in [-0.2, 0) is 0 Å². The van der Waals surface area contributed by atoms with Gasteiger partial charge in [0.25, 0.3) is 0 Å². The largest absolute Gasteiger partial charge is 0.128 e. The molecular formula is C7H5Br3S. The zero-order valence-electron chi connectivity index (χ0n) is 5.48. The number of hydrogen-bond acceptors (Lipinski definition) is 1. The van der Waals surface area contributed by atoms with E-state index in [0.717, 1.165) is 13.6 Å². The zero-order valence-corrected chi connectivity index (χ0v) is 11.1. The summed E-state index contributed by atoms with van der Waals surface area (Å²) >= 11 is 11.9. The van der Waals surface area contributed by atoms with Crippen LogP contribution in [0.1, 0.15) is 4.88 Å². The predicted molar refractivity (Wildman–Crippen MR) is 62.5 cm³/mol. The monoisotopic (exact) mass is 358 g/mol. The van der Waals surface area contributed by atoms with Crippen molar-refractivity contribution in [3.8, 4) is 0 Å². The van der Waals surface area contributed by atoms with E-state index in [1.165, 1.54) is 4.88 Å². The Morgan fingerprint density at radius 3 is 2.64 bits per heavy atom. The molecule has 0 nitrogen and oxygen atoms in total. The molecule has 1 heterocycles. The molecule has 1 rings (SSSR count). The van der Waals surface area contributed by atoms with Gasteiger partial charge in [0.15, 0.2) is 0 Å². The second-order valence-corrected chi connectivity index (χ2v) is 5.73. The van der Waals surface area contributed by atoms with E-state index in [1.807, 2.05) is 0 Å². The standard InChI is InChI=1S/C7H5Br3S/c8-3-1-2-5-4-6(9)7(10)11-5/h1-2,4H,3H2. The summed E-state index contributed by atoms with van der Waals surface area (Å²) < 4.78 is 2.27. The minimum absolute atomic E-state index is 0.903. The number of hydrogen-bond donors (Lipinski definition) is 0. The van der Waals surface area contributed by atoms with Gasteiger partial charge in [-0.2, -0.15) is 0 Å². The summed E-state index contributed by atoms with van der Waals surface area (Å²) in [5.74, 6) is 0. The van der Waals surface area contributed by atoms with Crippen molar-refractivity contribution in [1.82, 2.24) is 0 Å². The quantitative estimate of drug-likeness (QED) is 0.672. The lowest BCUT2D eigenvalue weighted by molar-refractivity contribution is 1.79. The number of halogens is 3. The van der Waals surface area contributed by atoms with Crippen molar-refractivity contribution >= 4 is 65.2 Å². The molecule has 11 heavy (non-hydrogen) atoms. The van der Waals surface area contributed by atoms with Gasteiger partial charge in [-0.1, -0.05) is 22.0 Å². The molecule has 0 spiro atoms. The van der Waals surface area contributed by atoms with Crippen molar-refractivity contribution in [3.63, 3.8) is 0 Å². The predicted octanol–water partition coefficient (Wildman–Crippen LogP) is 4.68. The molecule has 0 radical (unpaired) electrons. The van der Waals surface area contributed by atoms with Gasteiger partial charge in [0.2, 0.25) is 0 Å². The Morgan fingerprint density at radius 1 is 1.45 bits per heavy atom. The van der Waals surface area contributed by atoms with Crippen LogP contribution in [0.5, 0.6) is 0 Å². The Balaban J connectivity index is 2.80. The van der Waals surface area contributed by atoms with Gasteiger partial charge in [-0.25, -0.2) is 0 Å². The van der Waals surface area contributed by atoms with Gasteiger partial charge >= 0.3 is 0 Å². The van der Waals surface area contributed by atoms with Gasteiger partial charge in [0.05, 0.1) is 3.79 Å². The van der Waals surface area contributed by atoms with Crippen molar-refractivity contribution in [1.29, 1.82) is 0 Å². The van der Waals surface area contributed by atoms with Gasteiger partial charge < -0.3 is 0 Å². The average molecular weight is 361 g/mol. The van der Waals surface area contributed by atoms with Gasteiger partial charge in [-0.3, -0.25) is 0 Å². The fourth-order valence-electron chi connectivity index (χ4n) is 0.606. The summed E-state index contributed by atoms with van der Waals surface area (Å²) in [4.78, 5) is 1.25. The summed E-state index contributed by atoms with van der Waals surface area (Å²) in [6.07, 6.45) is 4.17. The third-order valence-electron chi connectivity index (χ3n) is 1.04. The van der Waals surface area contributed by atoms with E-state index in [2.05, 4.69) is 66.0 Å². The van der Waals surface area contributed by atoms with Crippen molar-refractivity contribution in [2.24, 2.45) is 0 Å². The second-order valence-electron chi connectivity index (χ2n) is 1.83. The van der Waals surface area contributed by atoms with Crippen LogP contribution in [-0.4, -0.2) is 5.33 Å². The van der Waals surface area contributed by atoms with E-state index in [-0.39, 0.29) is 0 Å². The average Bonchev–Trinajstić information content (AvgIpc) is 2.28. The first-order valence-corrected chi connectivity index (χ1v) is 6.44. The summed E-state index contributed by atoms with van der Waals surface area (Å²) in [7, 11) is 0. The fourth-order valence-corrected chi connectivity index (χ4v) is 2.81. The van der Waals surface area contributed by atoms with Crippen molar-refractivity contribution in [2.45, 2.75) is 0 Å². The summed E-state index contributed by atoms with van der Waals surface area (Å²) in [5, 5.41) is 0.903. The normalized spacial score (nSPS) is 11.2. The third-order valence-corrected chi connectivity index (χ3v) is 4.63. The molecule has 0 aliphatic heterocycles. The van der Waals surface area contributed by atoms with Gasteiger partial charge in [-0.15, -0.1) is 11.3 Å². The topological polar surface area (TPSA) is 0 Å². The summed E-state index contributed by atoms with van der Waals surface area (Å²) in [5.41, 5.74) is 0. The number of thiophene rings is 1. The van der Waals surface area contributed by atoms with E-state index in [1.54, 1.807) is 11.3 Å². The molecular weight excluding hydrogens is 356 g/mol. The van der Waals surface area contributed by atoms with E-state index >= 15 is 0 Å². The Bertz CT molecular complexity index is 245. The molecule has 0 N–H and O–H groups in total. The van der Waals surface area contributed by atoms with Crippen LogP contribution >= 0.6 is 59.1 Å². The highest BCUT2D eigenvalue weighted by Crippen LogP contribution is 2.32. The first-order chi connectivity index (χ1) is 5.24. The first kappa shape index (κ1) is 9.96. The second kappa shape index (κ2) is 4.80. The molecule has 1 aromatic rings. The van der Waals surface area contributed by atoms with Crippen LogP contribution in [0.25, 0.3) is 6.08 Å². The first-order valence-electron chi connectivity index (χ1n) is 2.91. The Morgan fingerprint density at radius 2 is 2.18 bits per heavy atom. The fraction of sp³-hybridized carbons (Fsp3) is 0.143. The van der Waals surface area contributed by atoms with Crippen LogP contribution in [0.15, 0.2) is 20.4 Å². The minimum atomic E-state index is 0.903. The Kier molecular flexibility index (Phi) is 4.34. The highest BCUT2D eigenvalue weighted by molar-refractivity contribution is 9.13. The van der Waals surface area contributed by atoms with Gasteiger partial charge in [-0.05, 0) is 44.0 Å². The molecule has 0 aliphatic rings. The summed E-state index contributed by atoms with van der Waals surface area (Å²) in [6, 6.07) is 2.09. The van der Waals surface area contributed by atoms with Gasteiger partial charge in [0.1, 0.15) is 0 Å². The van der Waals surface area contributed by atoms with Crippen molar-refractivity contribution in [3.05, 3.63) is 25.3 Å². The summed E-state index contributed by atoms with van der Waals surface area (Å²) in [6.45, 7) is 0. The lowest BCUT2D eigenvalue weighted by atomic mass is 10.4. The van der Waals surface area contributed by atoms with Crippen LogP contribution in [0.4, 0.5) is 0 Å². The maximum atomic E-state index is 3.43. The molecule has 0 fully saturated rings. The molecule has 0 unspecified atom stereocenters. The molecule has 0 saturated carbocycles. The SMILES string of the molecule is BrCC=Cc1cc(Br)c(Br)s1. The minimum Gasteiger partial charge on any atom is -0.128 e. The van der Waals surface area contributed by atoms with E-state index in [9.17, 15) is 0 Å². The lowest BCUT2D eigenvalue weighted by Crippen LogP contribution is -1.58. The molecule has 4 heteroatoms. The molecule has 0 bridgehead atoms. The van der Waals surface area contributed by atoms with Crippen LogP contribution in [0.2, 0.25) is 0 Å². The molecule has 60 valence electrons. The van der Waals surface area contributed by atoms with E-state index in [4.69, 9.17) is 0 Å². The molecule has 0 amide bonds. The number of alkyl halides is 1. The maximum absolute atomic E-state index is 3.43. The Labute approximate surface area is 95.1 Å². The molecule has 0 aliphatic carbocycles.